The molecule has 10 nitrogen and oxygen atoms in total. The second-order valence-electron chi connectivity index (χ2n) is 8.27. The van der Waals surface area contributed by atoms with Crippen LogP contribution in [0.3, 0.4) is 0 Å². The van der Waals surface area contributed by atoms with Gasteiger partial charge in [-0.05, 0) is 19.1 Å². The van der Waals surface area contributed by atoms with Crippen molar-refractivity contribution < 1.29 is 33.3 Å². The Morgan fingerprint density at radius 3 is 2.45 bits per heavy atom. The maximum Gasteiger partial charge on any atom is 0.257 e. The van der Waals surface area contributed by atoms with E-state index in [1.54, 1.807) is 42.2 Å². The zero-order valence-electron chi connectivity index (χ0n) is 20.3. The van der Waals surface area contributed by atoms with Crippen molar-refractivity contribution >= 4 is 23.4 Å². The zero-order chi connectivity index (χ0) is 24.5. The van der Waals surface area contributed by atoms with Crippen LogP contribution in [0.4, 0.5) is 5.69 Å². The van der Waals surface area contributed by atoms with Crippen LogP contribution >= 0.6 is 0 Å². The number of likely N-dealkylation sites (N-methyl/N-ethyl adjacent to an activating group) is 1. The lowest BCUT2D eigenvalue weighted by Gasteiger charge is -2.36. The summed E-state index contributed by atoms with van der Waals surface area (Å²) in [4.78, 5) is 41.1. The van der Waals surface area contributed by atoms with E-state index in [0.717, 1.165) is 0 Å². The fraction of sp³-hybridized carbons (Fsp3) is 0.609. The third-order valence-electron chi connectivity index (χ3n) is 5.59. The number of ether oxygens (including phenoxy) is 4. The Bertz CT molecular complexity index is 832. The van der Waals surface area contributed by atoms with Gasteiger partial charge in [-0.1, -0.05) is 6.92 Å². The second-order valence-corrected chi connectivity index (χ2v) is 8.27. The third-order valence-corrected chi connectivity index (χ3v) is 5.59. The molecule has 1 aliphatic rings. The van der Waals surface area contributed by atoms with Crippen LogP contribution in [0.15, 0.2) is 18.2 Å². The predicted molar refractivity (Wildman–Crippen MR) is 122 cm³/mol. The Kier molecular flexibility index (Phi) is 10.1. The van der Waals surface area contributed by atoms with Crippen molar-refractivity contribution in [3.05, 3.63) is 23.8 Å². The van der Waals surface area contributed by atoms with Crippen LogP contribution in [0.2, 0.25) is 0 Å². The molecule has 1 N–H and O–H groups in total. The summed E-state index contributed by atoms with van der Waals surface area (Å²) in [5.74, 6) is -0.427. The molecule has 0 aliphatic carbocycles. The molecule has 184 valence electrons. The summed E-state index contributed by atoms with van der Waals surface area (Å²) < 4.78 is 21.6. The lowest BCUT2D eigenvalue weighted by Crippen LogP contribution is -2.49. The molecule has 3 atom stereocenters. The van der Waals surface area contributed by atoms with E-state index in [1.807, 2.05) is 13.8 Å². The molecule has 0 fully saturated rings. The molecular weight excluding hydrogens is 430 g/mol. The summed E-state index contributed by atoms with van der Waals surface area (Å²) in [5.41, 5.74) is 0.828. The first kappa shape index (κ1) is 26.6. The molecule has 33 heavy (non-hydrogen) atoms. The average Bonchev–Trinajstić information content (AvgIpc) is 2.78. The highest BCUT2D eigenvalue weighted by Gasteiger charge is 2.30. The Labute approximate surface area is 195 Å². The molecule has 1 aromatic carbocycles. The number of hydrogen-bond acceptors (Lipinski definition) is 7. The van der Waals surface area contributed by atoms with Crippen LogP contribution < -0.4 is 10.1 Å². The highest BCUT2D eigenvalue weighted by Crippen LogP contribution is 2.27. The van der Waals surface area contributed by atoms with E-state index in [4.69, 9.17) is 18.9 Å². The SMILES string of the molecule is COCC(=O)Nc1ccc2c(c1)OC[C@@H](C)N(C(=O)COC)C[C@H](C)[C@H](OC)CN(C)C2=O. The maximum absolute atomic E-state index is 13.2. The molecule has 0 saturated heterocycles. The number of fused-ring (bicyclic) bond motifs is 1. The van der Waals surface area contributed by atoms with Crippen molar-refractivity contribution in [2.24, 2.45) is 5.92 Å². The smallest absolute Gasteiger partial charge is 0.257 e. The van der Waals surface area contributed by atoms with Crippen LogP contribution in [-0.2, 0) is 23.8 Å². The lowest BCUT2D eigenvalue weighted by atomic mass is 10.0. The van der Waals surface area contributed by atoms with Crippen molar-refractivity contribution in [1.29, 1.82) is 0 Å². The van der Waals surface area contributed by atoms with E-state index < -0.39 is 0 Å². The van der Waals surface area contributed by atoms with E-state index in [9.17, 15) is 14.4 Å². The van der Waals surface area contributed by atoms with E-state index in [-0.39, 0.29) is 55.6 Å². The summed E-state index contributed by atoms with van der Waals surface area (Å²) in [6.07, 6.45) is -0.277. The zero-order valence-corrected chi connectivity index (χ0v) is 20.3. The number of rotatable bonds is 6. The molecule has 2 rings (SSSR count). The van der Waals surface area contributed by atoms with Gasteiger partial charge in [0.1, 0.15) is 25.6 Å². The number of nitrogens with one attached hydrogen (secondary N) is 1. The largest absolute Gasteiger partial charge is 0.491 e. The minimum atomic E-state index is -0.323. The quantitative estimate of drug-likeness (QED) is 0.674. The molecular formula is C23H35N3O7. The van der Waals surface area contributed by atoms with Gasteiger partial charge in [-0.15, -0.1) is 0 Å². The molecule has 0 bridgehead atoms. The molecule has 0 aromatic heterocycles. The molecule has 3 amide bonds. The number of methoxy groups -OCH3 is 3. The molecule has 1 aromatic rings. The number of amides is 3. The van der Waals surface area contributed by atoms with Gasteiger partial charge in [-0.3, -0.25) is 14.4 Å². The van der Waals surface area contributed by atoms with Gasteiger partial charge in [0.15, 0.2) is 0 Å². The Morgan fingerprint density at radius 1 is 1.12 bits per heavy atom. The molecule has 10 heteroatoms. The fourth-order valence-electron chi connectivity index (χ4n) is 3.73. The van der Waals surface area contributed by atoms with Crippen molar-refractivity contribution in [2.75, 3.05) is 66.6 Å². The Hall–Kier alpha value is -2.69. The molecule has 0 saturated carbocycles. The van der Waals surface area contributed by atoms with E-state index in [1.165, 1.54) is 14.2 Å². The highest BCUT2D eigenvalue weighted by molar-refractivity contribution is 5.98. The normalized spacial score (nSPS) is 22.0. The molecule has 1 aliphatic heterocycles. The Morgan fingerprint density at radius 2 is 1.82 bits per heavy atom. The van der Waals surface area contributed by atoms with Crippen LogP contribution in [-0.4, -0.2) is 101 Å². The first-order valence-corrected chi connectivity index (χ1v) is 10.8. The van der Waals surface area contributed by atoms with Crippen LogP contribution in [0.25, 0.3) is 0 Å². The number of nitrogens with zero attached hydrogens (tertiary/aromatic N) is 2. The number of carbonyl (C=O) groups is 3. The van der Waals surface area contributed by atoms with Gasteiger partial charge in [-0.2, -0.15) is 0 Å². The highest BCUT2D eigenvalue weighted by atomic mass is 16.5. The van der Waals surface area contributed by atoms with Gasteiger partial charge < -0.3 is 34.1 Å². The summed E-state index contributed by atoms with van der Waals surface area (Å²) in [6.45, 7) is 4.65. The third kappa shape index (κ3) is 7.15. The molecule has 0 spiro atoms. The summed E-state index contributed by atoms with van der Waals surface area (Å²) in [5, 5.41) is 2.71. The first-order valence-electron chi connectivity index (χ1n) is 10.8. The van der Waals surface area contributed by atoms with Crippen molar-refractivity contribution in [1.82, 2.24) is 9.80 Å². The Balaban J connectivity index is 2.42. The predicted octanol–water partition coefficient (Wildman–Crippen LogP) is 1.25. The van der Waals surface area contributed by atoms with Crippen LogP contribution in [0.1, 0.15) is 24.2 Å². The monoisotopic (exact) mass is 465 g/mol. The second kappa shape index (κ2) is 12.5. The van der Waals surface area contributed by atoms with Crippen molar-refractivity contribution in [3.63, 3.8) is 0 Å². The maximum atomic E-state index is 13.2. The van der Waals surface area contributed by atoms with Gasteiger partial charge in [0.2, 0.25) is 11.8 Å². The van der Waals surface area contributed by atoms with Crippen LogP contribution in [0, 0.1) is 5.92 Å². The summed E-state index contributed by atoms with van der Waals surface area (Å²) >= 11 is 0. The van der Waals surface area contributed by atoms with E-state index >= 15 is 0 Å². The van der Waals surface area contributed by atoms with Crippen molar-refractivity contribution in [2.45, 2.75) is 26.0 Å². The minimum Gasteiger partial charge on any atom is -0.491 e. The van der Waals surface area contributed by atoms with Gasteiger partial charge >= 0.3 is 0 Å². The average molecular weight is 466 g/mol. The number of carbonyl (C=O) groups excluding carboxylic acids is 3. The van der Waals surface area contributed by atoms with E-state index in [2.05, 4.69) is 5.32 Å². The summed E-state index contributed by atoms with van der Waals surface area (Å²) in [6, 6.07) is 4.57. The van der Waals surface area contributed by atoms with E-state index in [0.29, 0.717) is 30.1 Å². The van der Waals surface area contributed by atoms with Gasteiger partial charge in [0.05, 0.1) is 17.7 Å². The lowest BCUT2D eigenvalue weighted by molar-refractivity contribution is -0.139. The molecule has 0 radical (unpaired) electrons. The number of benzene rings is 1. The standard InChI is InChI=1S/C23H35N3O7/c1-15-10-26(22(28)14-31-5)16(2)12-33-19-9-17(24-21(27)13-30-4)7-8-18(19)23(29)25(3)11-20(15)32-6/h7-9,15-16,20H,10-14H2,1-6H3,(H,24,27)/t15-,16+,20+/m0/s1. The minimum absolute atomic E-state index is 0.0363. The van der Waals surface area contributed by atoms with Gasteiger partial charge in [0, 0.05) is 59.1 Å². The molecule has 1 heterocycles. The topological polar surface area (TPSA) is 107 Å². The summed E-state index contributed by atoms with van der Waals surface area (Å²) in [7, 11) is 6.21. The van der Waals surface area contributed by atoms with Crippen LogP contribution in [0.5, 0.6) is 5.75 Å². The number of hydrogen-bond donors (Lipinski definition) is 1. The molecule has 0 unspecified atom stereocenters. The fourth-order valence-corrected chi connectivity index (χ4v) is 3.73. The van der Waals surface area contributed by atoms with Crippen molar-refractivity contribution in [3.8, 4) is 5.75 Å². The van der Waals surface area contributed by atoms with Gasteiger partial charge in [-0.25, -0.2) is 0 Å². The number of anilines is 1. The first-order chi connectivity index (χ1) is 15.7. The van der Waals surface area contributed by atoms with Gasteiger partial charge in [0.25, 0.3) is 5.91 Å².